The van der Waals surface area contributed by atoms with Gasteiger partial charge in [0.25, 0.3) is 5.91 Å². The summed E-state index contributed by atoms with van der Waals surface area (Å²) in [6.07, 6.45) is 1.30. The smallest absolute Gasteiger partial charge is 0.356 e. The quantitative estimate of drug-likeness (QED) is 0.348. The number of benzene rings is 2. The molecule has 0 bridgehead atoms. The highest BCUT2D eigenvalue weighted by Gasteiger charge is 2.19. The first-order valence-electron chi connectivity index (χ1n) is 8.79. The lowest BCUT2D eigenvalue weighted by Gasteiger charge is -2.15. The summed E-state index contributed by atoms with van der Waals surface area (Å²) in [6, 6.07) is 8.68. The minimum Gasteiger partial charge on any atom is -0.491 e. The van der Waals surface area contributed by atoms with E-state index in [1.54, 1.807) is 12.1 Å². The van der Waals surface area contributed by atoms with E-state index in [1.165, 1.54) is 30.5 Å². The van der Waals surface area contributed by atoms with Crippen LogP contribution in [0.15, 0.2) is 47.1 Å². The van der Waals surface area contributed by atoms with Crippen molar-refractivity contribution in [2.75, 3.05) is 5.32 Å². The molecule has 1 amide bonds. The second kappa shape index (κ2) is 9.68. The molecule has 0 fully saturated rings. The third-order valence-electron chi connectivity index (χ3n) is 3.69. The second-order valence-electron chi connectivity index (χ2n) is 6.54. The van der Waals surface area contributed by atoms with Crippen LogP contribution >= 0.6 is 46.5 Å². The van der Waals surface area contributed by atoms with Crippen molar-refractivity contribution in [2.24, 2.45) is 0 Å². The van der Waals surface area contributed by atoms with Crippen molar-refractivity contribution in [3.8, 4) is 17.2 Å². The van der Waals surface area contributed by atoms with Gasteiger partial charge in [-0.05, 0) is 60.1 Å². The van der Waals surface area contributed by atoms with Crippen LogP contribution in [0.1, 0.15) is 24.2 Å². The summed E-state index contributed by atoms with van der Waals surface area (Å²) in [4.78, 5) is 35.3. The van der Waals surface area contributed by atoms with Crippen LogP contribution in [0.3, 0.4) is 0 Å². The van der Waals surface area contributed by atoms with Gasteiger partial charge >= 0.3 is 7.60 Å². The molecular weight excluding hydrogens is 531 g/mol. The number of aromatic nitrogens is 1. The molecule has 12 heteroatoms. The highest BCUT2D eigenvalue weighted by atomic mass is 79.9. The van der Waals surface area contributed by atoms with E-state index in [0.717, 1.165) is 11.3 Å². The topological polar surface area (TPSA) is 118 Å². The predicted octanol–water partition coefficient (Wildman–Crippen LogP) is 5.19. The fourth-order valence-corrected chi connectivity index (χ4v) is 4.47. The van der Waals surface area contributed by atoms with Crippen LogP contribution in [-0.4, -0.2) is 26.8 Å². The minimum absolute atomic E-state index is 0.141. The maximum atomic E-state index is 12.7. The third-order valence-corrected chi connectivity index (χ3v) is 6.29. The molecular formula is C19H17BrClN2O6PS. The molecule has 0 atom stereocenters. The molecule has 164 valence electrons. The van der Waals surface area contributed by atoms with Gasteiger partial charge in [0.2, 0.25) is 0 Å². The van der Waals surface area contributed by atoms with Crippen molar-refractivity contribution < 1.29 is 28.6 Å². The average Bonchev–Trinajstić information content (AvgIpc) is 3.06. The largest absolute Gasteiger partial charge is 0.491 e. The molecule has 1 heterocycles. The molecule has 0 radical (unpaired) electrons. The van der Waals surface area contributed by atoms with Crippen molar-refractivity contribution >= 4 is 62.8 Å². The first kappa shape index (κ1) is 23.7. The van der Waals surface area contributed by atoms with Gasteiger partial charge in [0.15, 0.2) is 5.13 Å². The number of thiazole rings is 1. The lowest BCUT2D eigenvalue weighted by molar-refractivity contribution is 0.102. The zero-order valence-electron chi connectivity index (χ0n) is 16.2. The Labute approximate surface area is 195 Å². The highest BCUT2D eigenvalue weighted by Crippen LogP contribution is 2.38. The molecule has 3 aromatic rings. The van der Waals surface area contributed by atoms with Crippen LogP contribution in [0.5, 0.6) is 17.2 Å². The number of carbonyl (C=O) groups excluding carboxylic acids is 1. The van der Waals surface area contributed by atoms with Gasteiger partial charge in [-0.25, -0.2) is 4.98 Å². The van der Waals surface area contributed by atoms with Crippen molar-refractivity contribution in [3.63, 3.8) is 0 Å². The average molecular weight is 548 g/mol. The van der Waals surface area contributed by atoms with E-state index in [1.807, 2.05) is 13.8 Å². The Morgan fingerprint density at radius 2 is 1.94 bits per heavy atom. The molecule has 2 aromatic carbocycles. The van der Waals surface area contributed by atoms with Gasteiger partial charge in [-0.15, -0.1) is 0 Å². The number of ether oxygens (including phenoxy) is 2. The maximum absolute atomic E-state index is 12.7. The summed E-state index contributed by atoms with van der Waals surface area (Å²) < 4.78 is 23.8. The number of nitrogens with one attached hydrogen (secondary N) is 1. The number of rotatable bonds is 7. The summed E-state index contributed by atoms with van der Waals surface area (Å²) >= 11 is 10.2. The van der Waals surface area contributed by atoms with Crippen LogP contribution in [0.25, 0.3) is 0 Å². The molecule has 0 spiro atoms. The SMILES string of the molecule is CC(C)Oc1cc(Oc2ccc(P(=O)(O)O)cc2Br)cc(C(=O)Nc2ncc(Cl)s2)c1. The van der Waals surface area contributed by atoms with Crippen LogP contribution in [-0.2, 0) is 4.57 Å². The van der Waals surface area contributed by atoms with E-state index < -0.39 is 13.5 Å². The summed E-state index contributed by atoms with van der Waals surface area (Å²) in [7, 11) is -4.40. The normalized spacial score (nSPS) is 11.5. The van der Waals surface area contributed by atoms with E-state index in [-0.39, 0.29) is 17.0 Å². The molecule has 0 aliphatic heterocycles. The summed E-state index contributed by atoms with van der Waals surface area (Å²) in [5.74, 6) is 0.584. The van der Waals surface area contributed by atoms with E-state index in [4.69, 9.17) is 21.1 Å². The number of halogens is 2. The van der Waals surface area contributed by atoms with Gasteiger partial charge in [0.1, 0.15) is 21.6 Å². The highest BCUT2D eigenvalue weighted by molar-refractivity contribution is 9.10. The Balaban J connectivity index is 1.91. The zero-order chi connectivity index (χ0) is 22.8. The van der Waals surface area contributed by atoms with E-state index in [9.17, 15) is 19.1 Å². The molecule has 0 saturated heterocycles. The Morgan fingerprint density at radius 1 is 1.23 bits per heavy atom. The fraction of sp³-hybridized carbons (Fsp3) is 0.158. The number of anilines is 1. The number of nitrogens with zero attached hydrogens (tertiary/aromatic N) is 1. The Morgan fingerprint density at radius 3 is 2.52 bits per heavy atom. The molecule has 3 N–H and O–H groups in total. The summed E-state index contributed by atoms with van der Waals surface area (Å²) in [5.41, 5.74) is 0.266. The molecule has 0 saturated carbocycles. The van der Waals surface area contributed by atoms with Crippen molar-refractivity contribution in [2.45, 2.75) is 20.0 Å². The van der Waals surface area contributed by atoms with Crippen molar-refractivity contribution in [1.82, 2.24) is 4.98 Å². The van der Waals surface area contributed by atoms with E-state index in [2.05, 4.69) is 26.2 Å². The third kappa shape index (κ3) is 6.52. The molecule has 3 rings (SSSR count). The van der Waals surface area contributed by atoms with Crippen LogP contribution in [0.2, 0.25) is 4.34 Å². The van der Waals surface area contributed by atoms with Gasteiger partial charge in [-0.2, -0.15) is 0 Å². The molecule has 0 aliphatic rings. The van der Waals surface area contributed by atoms with E-state index in [0.29, 0.717) is 31.2 Å². The van der Waals surface area contributed by atoms with Crippen LogP contribution in [0.4, 0.5) is 5.13 Å². The van der Waals surface area contributed by atoms with E-state index >= 15 is 0 Å². The minimum atomic E-state index is -4.40. The molecule has 31 heavy (non-hydrogen) atoms. The summed E-state index contributed by atoms with van der Waals surface area (Å²) in [5, 5.41) is 2.87. The standard InChI is InChI=1S/C19H17BrClN2O6PS/c1-10(2)28-12-5-11(18(24)23-19-22-9-17(21)31-19)6-13(7-12)29-16-4-3-14(8-15(16)20)30(25,26)27/h3-10H,1-2H3,(H,22,23,24)(H2,25,26,27). The number of amides is 1. The first-order valence-corrected chi connectivity index (χ1v) is 12.4. The number of hydrogen-bond acceptors (Lipinski definition) is 6. The molecule has 0 aliphatic carbocycles. The monoisotopic (exact) mass is 546 g/mol. The number of hydrogen-bond donors (Lipinski definition) is 3. The van der Waals surface area contributed by atoms with Crippen LogP contribution < -0.4 is 20.1 Å². The molecule has 0 unspecified atom stereocenters. The van der Waals surface area contributed by atoms with Gasteiger partial charge in [-0.1, -0.05) is 22.9 Å². The predicted molar refractivity (Wildman–Crippen MR) is 123 cm³/mol. The zero-order valence-corrected chi connectivity index (χ0v) is 20.3. The first-order chi connectivity index (χ1) is 14.5. The van der Waals surface area contributed by atoms with Crippen molar-refractivity contribution in [1.29, 1.82) is 0 Å². The molecule has 8 nitrogen and oxygen atoms in total. The second-order valence-corrected chi connectivity index (χ2v) is 10.7. The van der Waals surface area contributed by atoms with Crippen LogP contribution in [0, 0.1) is 0 Å². The fourth-order valence-electron chi connectivity index (χ4n) is 2.46. The lowest BCUT2D eigenvalue weighted by Crippen LogP contribution is -2.13. The number of carbonyl (C=O) groups is 1. The van der Waals surface area contributed by atoms with Gasteiger partial charge in [0, 0.05) is 11.6 Å². The Kier molecular flexibility index (Phi) is 7.41. The van der Waals surface area contributed by atoms with Gasteiger partial charge in [-0.3, -0.25) is 14.7 Å². The Bertz CT molecular complexity index is 1170. The Hall–Kier alpha value is -1.94. The lowest BCUT2D eigenvalue weighted by atomic mass is 10.2. The van der Waals surface area contributed by atoms with Gasteiger partial charge in [0.05, 0.1) is 22.1 Å². The molecule has 1 aromatic heterocycles. The summed E-state index contributed by atoms with van der Waals surface area (Å²) in [6.45, 7) is 3.70. The maximum Gasteiger partial charge on any atom is 0.356 e. The van der Waals surface area contributed by atoms with Crippen molar-refractivity contribution in [3.05, 3.63) is 57.0 Å². The van der Waals surface area contributed by atoms with Gasteiger partial charge < -0.3 is 19.3 Å².